The number of aromatic amines is 1. The van der Waals surface area contributed by atoms with Crippen molar-refractivity contribution >= 4 is 10.9 Å². The summed E-state index contributed by atoms with van der Waals surface area (Å²) in [4.78, 5) is 19.0. The van der Waals surface area contributed by atoms with Crippen LogP contribution in [0.1, 0.15) is 54.9 Å². The maximum absolute atomic E-state index is 15.3. The number of nitrogens with one attached hydrogen (secondary N) is 2. The first kappa shape index (κ1) is 26.8. The molecule has 2 aromatic carbocycles. The zero-order valence-corrected chi connectivity index (χ0v) is 22.0. The van der Waals surface area contributed by atoms with Crippen LogP contribution in [0, 0.1) is 11.7 Å². The summed E-state index contributed by atoms with van der Waals surface area (Å²) in [5, 5.41) is 24.9. The van der Waals surface area contributed by atoms with Crippen LogP contribution in [0.15, 0.2) is 47.3 Å². The predicted octanol–water partition coefficient (Wildman–Crippen LogP) is 3.89. The molecule has 3 heterocycles. The molecule has 2 aliphatic rings. The maximum atomic E-state index is 15.3. The lowest BCUT2D eigenvalue weighted by atomic mass is 9.96. The Kier molecular flexibility index (Phi) is 8.74. The molecule has 204 valence electrons. The average molecular weight is 523 g/mol. The molecule has 1 atom stereocenters. The summed E-state index contributed by atoms with van der Waals surface area (Å²) in [5.41, 5.74) is 2.32. The highest BCUT2D eigenvalue weighted by Crippen LogP contribution is 2.29. The van der Waals surface area contributed by atoms with Gasteiger partial charge in [-0.15, -0.1) is 0 Å². The number of aliphatic hydroxyl groups excluding tert-OH is 1. The average Bonchev–Trinajstić information content (AvgIpc) is 2.93. The monoisotopic (exact) mass is 522 g/mol. The molecule has 0 radical (unpaired) electrons. The van der Waals surface area contributed by atoms with Crippen molar-refractivity contribution in [3.63, 3.8) is 0 Å². The number of phenolic OH excluding ortho intramolecular Hbond substituents is 1. The summed E-state index contributed by atoms with van der Waals surface area (Å²) < 4.78 is 15.3. The van der Waals surface area contributed by atoms with E-state index in [1.54, 1.807) is 12.1 Å². The molecule has 1 aromatic heterocycles. The zero-order chi connectivity index (χ0) is 26.5. The van der Waals surface area contributed by atoms with Crippen molar-refractivity contribution in [1.82, 2.24) is 20.1 Å². The first-order chi connectivity index (χ1) is 18.5. The Morgan fingerprint density at radius 3 is 2.34 bits per heavy atom. The number of pyridine rings is 1. The fourth-order valence-electron chi connectivity index (χ4n) is 5.91. The van der Waals surface area contributed by atoms with Crippen LogP contribution in [-0.4, -0.2) is 64.3 Å². The van der Waals surface area contributed by atoms with Crippen LogP contribution in [0.5, 0.6) is 5.75 Å². The van der Waals surface area contributed by atoms with E-state index in [1.165, 1.54) is 31.4 Å². The van der Waals surface area contributed by atoms with Gasteiger partial charge >= 0.3 is 0 Å². The molecule has 0 spiro atoms. The van der Waals surface area contributed by atoms with Gasteiger partial charge in [0.05, 0.1) is 11.6 Å². The number of phenols is 1. The van der Waals surface area contributed by atoms with Gasteiger partial charge in [0.15, 0.2) is 0 Å². The van der Waals surface area contributed by atoms with Crippen molar-refractivity contribution in [3.05, 3.63) is 75.3 Å². The highest BCUT2D eigenvalue weighted by molar-refractivity contribution is 5.87. The Morgan fingerprint density at radius 1 is 0.947 bits per heavy atom. The first-order valence-electron chi connectivity index (χ1n) is 13.9. The Labute approximate surface area is 223 Å². The molecule has 5 rings (SSSR count). The number of aliphatic hydroxyl groups is 1. The van der Waals surface area contributed by atoms with Gasteiger partial charge in [0.1, 0.15) is 11.6 Å². The fraction of sp³-hybridized carbons (Fsp3) is 0.500. The van der Waals surface area contributed by atoms with E-state index >= 15 is 4.39 Å². The van der Waals surface area contributed by atoms with Crippen LogP contribution in [-0.2, 0) is 13.1 Å². The molecular formula is C30H39FN4O3. The van der Waals surface area contributed by atoms with Gasteiger partial charge in [0, 0.05) is 42.2 Å². The number of H-pyrrole nitrogens is 1. The molecular weight excluding hydrogens is 483 g/mol. The van der Waals surface area contributed by atoms with Crippen molar-refractivity contribution in [3.8, 4) is 5.75 Å². The number of benzene rings is 2. The minimum Gasteiger partial charge on any atom is -0.506 e. The predicted molar refractivity (Wildman–Crippen MR) is 148 cm³/mol. The zero-order valence-electron chi connectivity index (χ0n) is 22.0. The number of hydrogen-bond donors (Lipinski definition) is 4. The molecule has 4 N–H and O–H groups in total. The number of likely N-dealkylation sites (tertiary alicyclic amines) is 2. The maximum Gasteiger partial charge on any atom is 0.248 e. The van der Waals surface area contributed by atoms with Crippen LogP contribution >= 0.6 is 0 Å². The highest BCUT2D eigenvalue weighted by Gasteiger charge is 2.22. The lowest BCUT2D eigenvalue weighted by Crippen LogP contribution is -2.38. The molecule has 2 fully saturated rings. The van der Waals surface area contributed by atoms with Crippen molar-refractivity contribution in [2.45, 2.75) is 51.3 Å². The minimum atomic E-state index is -0.760. The van der Waals surface area contributed by atoms with Gasteiger partial charge in [0.2, 0.25) is 5.56 Å². The normalized spacial score (nSPS) is 18.7. The van der Waals surface area contributed by atoms with Crippen molar-refractivity contribution in [1.29, 1.82) is 0 Å². The second kappa shape index (κ2) is 12.4. The van der Waals surface area contributed by atoms with Gasteiger partial charge in [-0.3, -0.25) is 14.6 Å². The quantitative estimate of drug-likeness (QED) is 0.341. The fourth-order valence-corrected chi connectivity index (χ4v) is 5.91. The van der Waals surface area contributed by atoms with Gasteiger partial charge in [-0.05, 0) is 82.0 Å². The van der Waals surface area contributed by atoms with E-state index in [4.69, 9.17) is 0 Å². The summed E-state index contributed by atoms with van der Waals surface area (Å²) in [6, 6.07) is 12.1. The van der Waals surface area contributed by atoms with Crippen LogP contribution < -0.4 is 10.9 Å². The van der Waals surface area contributed by atoms with E-state index in [2.05, 4.69) is 20.1 Å². The Hall–Kier alpha value is -2.78. The lowest BCUT2D eigenvalue weighted by Gasteiger charge is -2.32. The molecule has 2 aliphatic heterocycles. The van der Waals surface area contributed by atoms with E-state index in [-0.39, 0.29) is 17.1 Å². The molecule has 8 heteroatoms. The summed E-state index contributed by atoms with van der Waals surface area (Å²) in [5.74, 6) is 0.449. The largest absolute Gasteiger partial charge is 0.506 e. The SMILES string of the molecule is O=c1ccc2c([C@@H](O)CNCC3CCN(Cc4cccc(CN5CCCCC5)c4F)CC3)ccc(O)c2[nH]1. The standard InChI is InChI=1S/C30H39FN4O3/c31-29-22(19-34-13-2-1-3-14-34)5-4-6-23(29)20-35-15-11-21(12-16-35)17-32-18-27(37)24-7-9-26(36)30-25(24)8-10-28(38)33-30/h4-10,21,27,32,36-37H,1-3,11-20H2,(H,33,38)/t27-/m0/s1. The van der Waals surface area contributed by atoms with E-state index < -0.39 is 6.10 Å². The number of hydrogen-bond acceptors (Lipinski definition) is 6. The highest BCUT2D eigenvalue weighted by atomic mass is 19.1. The molecule has 7 nitrogen and oxygen atoms in total. The number of piperidine rings is 2. The summed E-state index contributed by atoms with van der Waals surface area (Å²) in [7, 11) is 0. The van der Waals surface area contributed by atoms with E-state index in [1.807, 2.05) is 18.2 Å². The number of rotatable bonds is 9. The first-order valence-corrected chi connectivity index (χ1v) is 13.9. The van der Waals surface area contributed by atoms with Crippen LogP contribution in [0.3, 0.4) is 0 Å². The van der Waals surface area contributed by atoms with Gasteiger partial charge in [-0.1, -0.05) is 30.7 Å². The second-order valence-corrected chi connectivity index (χ2v) is 10.9. The molecule has 0 unspecified atom stereocenters. The molecule has 2 saturated heterocycles. The Balaban J connectivity index is 1.09. The molecule has 38 heavy (non-hydrogen) atoms. The Morgan fingerprint density at radius 2 is 1.63 bits per heavy atom. The van der Waals surface area contributed by atoms with Gasteiger partial charge in [0.25, 0.3) is 0 Å². The topological polar surface area (TPSA) is 91.8 Å². The van der Waals surface area contributed by atoms with Crippen LogP contribution in [0.2, 0.25) is 0 Å². The van der Waals surface area contributed by atoms with Crippen LogP contribution in [0.4, 0.5) is 4.39 Å². The number of halogens is 1. The molecule has 0 aliphatic carbocycles. The Bertz CT molecular complexity index is 1280. The number of fused-ring (bicyclic) bond motifs is 1. The molecule has 0 saturated carbocycles. The summed E-state index contributed by atoms with van der Waals surface area (Å²) in [6.07, 6.45) is 5.00. The minimum absolute atomic E-state index is 0.0121. The molecule has 3 aromatic rings. The van der Waals surface area contributed by atoms with Crippen LogP contribution in [0.25, 0.3) is 10.9 Å². The van der Waals surface area contributed by atoms with Crippen molar-refractivity contribution in [2.75, 3.05) is 39.3 Å². The van der Waals surface area contributed by atoms with Crippen molar-refractivity contribution in [2.24, 2.45) is 5.92 Å². The summed E-state index contributed by atoms with van der Waals surface area (Å²) >= 11 is 0. The summed E-state index contributed by atoms with van der Waals surface area (Å²) in [6.45, 7) is 6.53. The van der Waals surface area contributed by atoms with Gasteiger partial charge < -0.3 is 20.5 Å². The third-order valence-corrected chi connectivity index (χ3v) is 8.14. The number of aromatic nitrogens is 1. The third-order valence-electron chi connectivity index (χ3n) is 8.14. The van der Waals surface area contributed by atoms with E-state index in [9.17, 15) is 15.0 Å². The lowest BCUT2D eigenvalue weighted by molar-refractivity contribution is 0.156. The second-order valence-electron chi connectivity index (χ2n) is 10.9. The van der Waals surface area contributed by atoms with E-state index in [0.29, 0.717) is 42.0 Å². The van der Waals surface area contributed by atoms with Gasteiger partial charge in [-0.2, -0.15) is 0 Å². The van der Waals surface area contributed by atoms with Crippen molar-refractivity contribution < 1.29 is 14.6 Å². The number of nitrogens with zero attached hydrogens (tertiary/aromatic N) is 2. The third kappa shape index (κ3) is 6.43. The number of aromatic hydroxyl groups is 1. The van der Waals surface area contributed by atoms with Gasteiger partial charge in [-0.25, -0.2) is 4.39 Å². The molecule has 0 amide bonds. The smallest absolute Gasteiger partial charge is 0.248 e. The van der Waals surface area contributed by atoms with E-state index in [0.717, 1.165) is 56.7 Å². The molecule has 0 bridgehead atoms.